The van der Waals surface area contributed by atoms with Crippen molar-refractivity contribution in [3.05, 3.63) is 35.9 Å². The monoisotopic (exact) mass is 204 g/mol. The molecule has 1 aromatic rings. The minimum Gasteiger partial charge on any atom is -0.311 e. The molecule has 0 radical (unpaired) electrons. The van der Waals surface area contributed by atoms with Crippen LogP contribution in [0.4, 0.5) is 0 Å². The molecule has 0 bridgehead atoms. The van der Waals surface area contributed by atoms with Crippen LogP contribution in [0.3, 0.4) is 0 Å². The fraction of sp³-hybridized carbons (Fsp3) is 0.538. The number of likely N-dealkylation sites (N-methyl/N-ethyl adjacent to an activating group) is 1. The Hall–Kier alpha value is -0.860. The highest BCUT2D eigenvalue weighted by Crippen LogP contribution is 2.28. The van der Waals surface area contributed by atoms with Gasteiger partial charge in [-0.25, -0.2) is 0 Å². The molecule has 82 valence electrons. The van der Waals surface area contributed by atoms with Gasteiger partial charge < -0.3 is 5.32 Å². The van der Waals surface area contributed by atoms with E-state index in [1.165, 1.54) is 5.56 Å². The van der Waals surface area contributed by atoms with E-state index in [9.17, 15) is 0 Å². The molecule has 2 rings (SSSR count). The Balaban J connectivity index is 2.27. The molecule has 2 atom stereocenters. The van der Waals surface area contributed by atoms with Gasteiger partial charge in [0, 0.05) is 19.1 Å². The molecule has 1 heterocycles. The predicted octanol–water partition coefficient (Wildman–Crippen LogP) is 1.83. The van der Waals surface area contributed by atoms with Crippen LogP contribution in [-0.2, 0) is 5.54 Å². The highest BCUT2D eigenvalue weighted by atomic mass is 15.2. The third-order valence-electron chi connectivity index (χ3n) is 3.58. The molecule has 0 saturated carbocycles. The van der Waals surface area contributed by atoms with Crippen LogP contribution in [-0.4, -0.2) is 31.1 Å². The number of nitrogens with one attached hydrogen (secondary N) is 1. The number of hydrogen-bond donors (Lipinski definition) is 1. The maximum absolute atomic E-state index is 3.56. The first-order valence-corrected chi connectivity index (χ1v) is 5.63. The summed E-state index contributed by atoms with van der Waals surface area (Å²) < 4.78 is 0. The maximum Gasteiger partial charge on any atom is 0.0555 e. The fourth-order valence-corrected chi connectivity index (χ4v) is 2.30. The van der Waals surface area contributed by atoms with Crippen molar-refractivity contribution in [2.24, 2.45) is 0 Å². The van der Waals surface area contributed by atoms with Crippen molar-refractivity contribution in [3.8, 4) is 0 Å². The second-order valence-electron chi connectivity index (χ2n) is 4.80. The number of rotatable bonds is 1. The van der Waals surface area contributed by atoms with Gasteiger partial charge in [-0.1, -0.05) is 30.3 Å². The average molecular weight is 204 g/mol. The summed E-state index contributed by atoms with van der Waals surface area (Å²) in [7, 11) is 2.21. The van der Waals surface area contributed by atoms with Crippen molar-refractivity contribution >= 4 is 0 Å². The van der Waals surface area contributed by atoms with Gasteiger partial charge in [-0.15, -0.1) is 0 Å². The van der Waals surface area contributed by atoms with Gasteiger partial charge in [-0.3, -0.25) is 4.90 Å². The van der Waals surface area contributed by atoms with Gasteiger partial charge in [0.05, 0.1) is 5.54 Å². The summed E-state index contributed by atoms with van der Waals surface area (Å²) in [4.78, 5) is 2.45. The molecule has 1 aliphatic heterocycles. The molecule has 2 unspecified atom stereocenters. The van der Waals surface area contributed by atoms with E-state index in [4.69, 9.17) is 0 Å². The maximum atomic E-state index is 3.56. The largest absolute Gasteiger partial charge is 0.311 e. The molecule has 0 aliphatic carbocycles. The molecule has 15 heavy (non-hydrogen) atoms. The van der Waals surface area contributed by atoms with E-state index in [-0.39, 0.29) is 5.54 Å². The molecule has 0 aromatic heterocycles. The van der Waals surface area contributed by atoms with E-state index >= 15 is 0 Å². The Kier molecular flexibility index (Phi) is 2.81. The summed E-state index contributed by atoms with van der Waals surface area (Å²) in [6, 6.07) is 11.3. The van der Waals surface area contributed by atoms with Gasteiger partial charge >= 0.3 is 0 Å². The van der Waals surface area contributed by atoms with E-state index in [1.807, 2.05) is 0 Å². The smallest absolute Gasteiger partial charge is 0.0555 e. The molecule has 1 N–H and O–H groups in total. The van der Waals surface area contributed by atoms with Gasteiger partial charge in [0.1, 0.15) is 0 Å². The topological polar surface area (TPSA) is 15.3 Å². The quantitative estimate of drug-likeness (QED) is 0.750. The highest BCUT2D eigenvalue weighted by molar-refractivity contribution is 5.25. The summed E-state index contributed by atoms with van der Waals surface area (Å²) >= 11 is 0. The summed E-state index contributed by atoms with van der Waals surface area (Å²) in [5, 5.41) is 3.56. The lowest BCUT2D eigenvalue weighted by atomic mass is 9.88. The lowest BCUT2D eigenvalue weighted by Crippen LogP contribution is -2.59. The molecule has 0 amide bonds. The molecular weight excluding hydrogens is 184 g/mol. The molecule has 2 nitrogen and oxygen atoms in total. The van der Waals surface area contributed by atoms with Crippen LogP contribution in [0.25, 0.3) is 0 Å². The number of hydrogen-bond acceptors (Lipinski definition) is 2. The Morgan fingerprint density at radius 3 is 2.60 bits per heavy atom. The Bertz CT molecular complexity index is 323. The first-order chi connectivity index (χ1) is 7.13. The van der Waals surface area contributed by atoms with Gasteiger partial charge in [-0.05, 0) is 26.5 Å². The van der Waals surface area contributed by atoms with Crippen LogP contribution < -0.4 is 5.32 Å². The number of piperazine rings is 1. The zero-order chi connectivity index (χ0) is 10.9. The lowest BCUT2D eigenvalue weighted by Gasteiger charge is -2.46. The third-order valence-corrected chi connectivity index (χ3v) is 3.58. The number of nitrogens with zero attached hydrogens (tertiary/aromatic N) is 1. The average Bonchev–Trinajstić information content (AvgIpc) is 2.25. The van der Waals surface area contributed by atoms with Gasteiger partial charge in [0.15, 0.2) is 0 Å². The fourth-order valence-electron chi connectivity index (χ4n) is 2.30. The van der Waals surface area contributed by atoms with E-state index in [0.29, 0.717) is 6.04 Å². The zero-order valence-electron chi connectivity index (χ0n) is 9.83. The second-order valence-corrected chi connectivity index (χ2v) is 4.80. The van der Waals surface area contributed by atoms with Gasteiger partial charge in [0.25, 0.3) is 0 Å². The summed E-state index contributed by atoms with van der Waals surface area (Å²) in [6.07, 6.45) is 0. The normalized spacial score (nSPS) is 32.9. The first-order valence-electron chi connectivity index (χ1n) is 5.63. The minimum atomic E-state index is 0.133. The molecule has 1 aromatic carbocycles. The van der Waals surface area contributed by atoms with E-state index in [2.05, 4.69) is 61.4 Å². The van der Waals surface area contributed by atoms with Crippen LogP contribution in [0.15, 0.2) is 30.3 Å². The molecule has 2 heteroatoms. The Morgan fingerprint density at radius 2 is 2.00 bits per heavy atom. The van der Waals surface area contributed by atoms with Crippen LogP contribution in [0.1, 0.15) is 19.4 Å². The van der Waals surface area contributed by atoms with Crippen molar-refractivity contribution in [1.29, 1.82) is 0 Å². The molecule has 0 spiro atoms. The van der Waals surface area contributed by atoms with Crippen molar-refractivity contribution in [2.45, 2.75) is 25.4 Å². The minimum absolute atomic E-state index is 0.133. The third kappa shape index (κ3) is 1.92. The van der Waals surface area contributed by atoms with Crippen LogP contribution in [0, 0.1) is 0 Å². The van der Waals surface area contributed by atoms with Crippen molar-refractivity contribution in [1.82, 2.24) is 10.2 Å². The number of benzene rings is 1. The molecule has 1 aliphatic rings. The van der Waals surface area contributed by atoms with Crippen LogP contribution in [0.2, 0.25) is 0 Å². The Morgan fingerprint density at radius 1 is 1.33 bits per heavy atom. The highest BCUT2D eigenvalue weighted by Gasteiger charge is 2.35. The molecule has 1 saturated heterocycles. The zero-order valence-corrected chi connectivity index (χ0v) is 9.83. The van der Waals surface area contributed by atoms with E-state index in [0.717, 1.165) is 13.1 Å². The van der Waals surface area contributed by atoms with E-state index in [1.54, 1.807) is 0 Å². The van der Waals surface area contributed by atoms with Crippen molar-refractivity contribution < 1.29 is 0 Å². The van der Waals surface area contributed by atoms with Crippen molar-refractivity contribution in [2.75, 3.05) is 20.1 Å². The molecular formula is C13H20N2. The van der Waals surface area contributed by atoms with E-state index < -0.39 is 0 Å². The lowest BCUT2D eigenvalue weighted by molar-refractivity contribution is 0.0818. The second kappa shape index (κ2) is 3.95. The van der Waals surface area contributed by atoms with Crippen molar-refractivity contribution in [3.63, 3.8) is 0 Å². The van der Waals surface area contributed by atoms with Crippen LogP contribution in [0.5, 0.6) is 0 Å². The van der Waals surface area contributed by atoms with Gasteiger partial charge in [0.2, 0.25) is 0 Å². The summed E-state index contributed by atoms with van der Waals surface area (Å²) in [5.74, 6) is 0. The summed E-state index contributed by atoms with van der Waals surface area (Å²) in [6.45, 7) is 6.67. The van der Waals surface area contributed by atoms with Gasteiger partial charge in [-0.2, -0.15) is 0 Å². The molecule has 1 fully saturated rings. The van der Waals surface area contributed by atoms with Crippen LogP contribution >= 0.6 is 0 Å². The standard InChI is InChI=1S/C13H20N2/c1-11-9-15(3)13(2,10-14-11)12-7-5-4-6-8-12/h4-8,11,14H,9-10H2,1-3H3. The summed E-state index contributed by atoms with van der Waals surface area (Å²) in [5.41, 5.74) is 1.53. The Labute approximate surface area is 92.3 Å². The SMILES string of the molecule is CC1CN(C)C(C)(c2ccccc2)CN1. The predicted molar refractivity (Wildman–Crippen MR) is 63.9 cm³/mol. The first kappa shape index (κ1) is 10.7.